The van der Waals surface area contributed by atoms with Gasteiger partial charge in [-0.25, -0.2) is 9.59 Å². The number of carbonyl (C=O) groups excluding carboxylic acids is 2. The number of nitrogens with two attached hydrogens (primary N) is 2. The highest BCUT2D eigenvalue weighted by atomic mass is 17.0. The van der Waals surface area contributed by atoms with Crippen molar-refractivity contribution in [3.05, 3.63) is 0 Å². The van der Waals surface area contributed by atoms with Crippen LogP contribution in [-0.2, 0) is 23.7 Å². The summed E-state index contributed by atoms with van der Waals surface area (Å²) < 4.78 is 23.7. The molecule has 0 radical (unpaired) electrons. The van der Waals surface area contributed by atoms with Gasteiger partial charge in [0.05, 0.1) is 13.7 Å². The molecule has 0 spiro atoms. The highest BCUT2D eigenvalue weighted by molar-refractivity contribution is 5.71. The van der Waals surface area contributed by atoms with Crippen LogP contribution < -0.4 is 16.8 Å². The summed E-state index contributed by atoms with van der Waals surface area (Å²) in [6.45, 7) is 0.721. The Morgan fingerprint density at radius 1 is 1.05 bits per heavy atom. The zero-order chi connectivity index (χ0) is 16.0. The van der Waals surface area contributed by atoms with Crippen molar-refractivity contribution in [3.8, 4) is 0 Å². The van der Waals surface area contributed by atoms with E-state index in [0.29, 0.717) is 19.6 Å². The maximum Gasteiger partial charge on any atom is 0.411 e. The SMILES string of the molecule is COC(N)=O.COC(OC)(OC)OCCCNC(N)=O. The molecule has 10 nitrogen and oxygen atoms in total. The first-order valence-corrected chi connectivity index (χ1v) is 5.53. The quantitative estimate of drug-likeness (QED) is 0.397. The summed E-state index contributed by atoms with van der Waals surface area (Å²) in [7, 11) is 5.42. The number of rotatable bonds is 8. The summed E-state index contributed by atoms with van der Waals surface area (Å²) in [6.07, 6.45) is -1.65. The number of carbonyl (C=O) groups is 2. The zero-order valence-corrected chi connectivity index (χ0v) is 12.1. The number of methoxy groups -OCH3 is 4. The van der Waals surface area contributed by atoms with Gasteiger partial charge in [0, 0.05) is 27.9 Å². The van der Waals surface area contributed by atoms with Crippen molar-refractivity contribution in [2.45, 2.75) is 12.6 Å². The Morgan fingerprint density at radius 3 is 1.80 bits per heavy atom. The molecule has 0 saturated heterocycles. The third kappa shape index (κ3) is 11.5. The van der Waals surface area contributed by atoms with Gasteiger partial charge in [-0.1, -0.05) is 0 Å². The Bertz CT molecular complexity index is 263. The van der Waals surface area contributed by atoms with Gasteiger partial charge < -0.3 is 40.5 Å². The van der Waals surface area contributed by atoms with Gasteiger partial charge in [-0.2, -0.15) is 0 Å². The lowest BCUT2D eigenvalue weighted by Crippen LogP contribution is -2.40. The van der Waals surface area contributed by atoms with Crippen molar-refractivity contribution in [2.24, 2.45) is 11.5 Å². The average molecular weight is 297 g/mol. The zero-order valence-electron chi connectivity index (χ0n) is 12.1. The van der Waals surface area contributed by atoms with Gasteiger partial charge in [-0.15, -0.1) is 0 Å². The number of hydrogen-bond donors (Lipinski definition) is 3. The second kappa shape index (κ2) is 12.4. The number of urea groups is 1. The van der Waals surface area contributed by atoms with Gasteiger partial charge in [-0.3, -0.25) is 0 Å². The molecule has 20 heavy (non-hydrogen) atoms. The van der Waals surface area contributed by atoms with Gasteiger partial charge in [0.15, 0.2) is 0 Å². The number of ether oxygens (including phenoxy) is 5. The maximum atomic E-state index is 10.3. The van der Waals surface area contributed by atoms with Gasteiger partial charge in [-0.05, 0) is 6.42 Å². The van der Waals surface area contributed by atoms with E-state index in [4.69, 9.17) is 24.7 Å². The molecule has 120 valence electrons. The molecule has 5 N–H and O–H groups in total. The molecule has 0 atom stereocenters. The highest BCUT2D eigenvalue weighted by Gasteiger charge is 2.30. The van der Waals surface area contributed by atoms with Gasteiger partial charge in [0.25, 0.3) is 0 Å². The average Bonchev–Trinajstić information content (AvgIpc) is 2.44. The summed E-state index contributed by atoms with van der Waals surface area (Å²) >= 11 is 0. The Morgan fingerprint density at radius 2 is 1.50 bits per heavy atom. The minimum absolute atomic E-state index is 0.301. The topological polar surface area (TPSA) is 144 Å². The second-order valence-electron chi connectivity index (χ2n) is 3.13. The first-order valence-electron chi connectivity index (χ1n) is 5.53. The summed E-state index contributed by atoms with van der Waals surface area (Å²) in [6, 6.07) is -0.563. The molecule has 0 bridgehead atoms. The van der Waals surface area contributed by atoms with Crippen LogP contribution in [0.1, 0.15) is 6.42 Å². The van der Waals surface area contributed by atoms with Crippen LogP contribution in [0.5, 0.6) is 0 Å². The number of hydrogen-bond acceptors (Lipinski definition) is 7. The number of amides is 3. The molecule has 0 aromatic rings. The first kappa shape index (κ1) is 20.7. The predicted octanol–water partition coefficient (Wildman–Crippen LogP) is -0.677. The van der Waals surface area contributed by atoms with Crippen LogP contribution in [0.3, 0.4) is 0 Å². The summed E-state index contributed by atoms with van der Waals surface area (Å²) in [5, 5.41) is 2.42. The third-order valence-corrected chi connectivity index (χ3v) is 1.85. The minimum atomic E-state index is -1.48. The Hall–Kier alpha value is -1.62. The van der Waals surface area contributed by atoms with Gasteiger partial charge in [0.1, 0.15) is 0 Å². The van der Waals surface area contributed by atoms with E-state index in [-0.39, 0.29) is 0 Å². The van der Waals surface area contributed by atoms with Crippen molar-refractivity contribution < 1.29 is 33.3 Å². The van der Waals surface area contributed by atoms with E-state index in [9.17, 15) is 9.59 Å². The lowest BCUT2D eigenvalue weighted by atomic mass is 10.4. The van der Waals surface area contributed by atoms with Gasteiger partial charge >= 0.3 is 18.3 Å². The van der Waals surface area contributed by atoms with Crippen LogP contribution in [0.4, 0.5) is 9.59 Å². The molecule has 0 rings (SSSR count). The molecule has 0 aliphatic rings. The van der Waals surface area contributed by atoms with Crippen molar-refractivity contribution in [3.63, 3.8) is 0 Å². The van der Waals surface area contributed by atoms with Crippen LogP contribution >= 0.6 is 0 Å². The lowest BCUT2D eigenvalue weighted by molar-refractivity contribution is -0.479. The van der Waals surface area contributed by atoms with Crippen LogP contribution in [0.2, 0.25) is 0 Å². The van der Waals surface area contributed by atoms with Crippen molar-refractivity contribution >= 4 is 12.1 Å². The fourth-order valence-electron chi connectivity index (χ4n) is 0.908. The lowest BCUT2D eigenvalue weighted by Gasteiger charge is -2.27. The van der Waals surface area contributed by atoms with Crippen molar-refractivity contribution in [2.75, 3.05) is 41.6 Å². The molecular weight excluding hydrogens is 274 g/mol. The number of primary amides is 2. The highest BCUT2D eigenvalue weighted by Crippen LogP contribution is 2.13. The van der Waals surface area contributed by atoms with Crippen LogP contribution in [0.25, 0.3) is 0 Å². The van der Waals surface area contributed by atoms with Crippen LogP contribution in [-0.4, -0.2) is 59.9 Å². The summed E-state index contributed by atoms with van der Waals surface area (Å²) in [5.41, 5.74) is 9.30. The molecule has 10 heteroatoms. The van der Waals surface area contributed by atoms with E-state index in [0.717, 1.165) is 0 Å². The van der Waals surface area contributed by atoms with Gasteiger partial charge in [0.2, 0.25) is 0 Å². The number of nitrogens with one attached hydrogen (secondary N) is 1. The van der Waals surface area contributed by atoms with Crippen LogP contribution in [0.15, 0.2) is 0 Å². The second-order valence-corrected chi connectivity index (χ2v) is 3.13. The predicted molar refractivity (Wildman–Crippen MR) is 68.5 cm³/mol. The smallest absolute Gasteiger partial charge is 0.411 e. The fraction of sp³-hybridized carbons (Fsp3) is 0.800. The minimum Gasteiger partial charge on any atom is -0.453 e. The molecule has 0 unspecified atom stereocenters. The largest absolute Gasteiger partial charge is 0.453 e. The molecule has 0 fully saturated rings. The monoisotopic (exact) mass is 297 g/mol. The van der Waals surface area contributed by atoms with E-state index < -0.39 is 18.3 Å². The van der Waals surface area contributed by atoms with Crippen LogP contribution in [0, 0.1) is 0 Å². The molecule has 0 saturated carbocycles. The van der Waals surface area contributed by atoms with E-state index in [1.807, 2.05) is 0 Å². The molecule has 0 aromatic carbocycles. The Labute approximate surface area is 117 Å². The van der Waals surface area contributed by atoms with E-state index >= 15 is 0 Å². The molecule has 0 heterocycles. The van der Waals surface area contributed by atoms with E-state index in [2.05, 4.69) is 15.8 Å². The molecular formula is C10H23N3O7. The van der Waals surface area contributed by atoms with Crippen molar-refractivity contribution in [1.29, 1.82) is 0 Å². The van der Waals surface area contributed by atoms with Crippen molar-refractivity contribution in [1.82, 2.24) is 5.32 Å². The molecule has 3 amide bonds. The summed E-state index contributed by atoms with van der Waals surface area (Å²) in [5.74, 6) is 0. The molecule has 0 aliphatic carbocycles. The Kier molecular flexibility index (Phi) is 12.8. The normalized spacial score (nSPS) is 10.2. The first-order chi connectivity index (χ1) is 9.37. The molecule has 0 aromatic heterocycles. The fourth-order valence-corrected chi connectivity index (χ4v) is 0.908. The molecule has 0 aliphatic heterocycles. The maximum absolute atomic E-state index is 10.3. The standard InChI is InChI=1S/C8H18N2O5.C2H5NO2/c1-12-8(13-2,14-3)15-6-4-5-10-7(9)11;1-5-2(3)4/h4-6H2,1-3H3,(H3,9,10,11);1H3,(H2,3,4). The van der Waals surface area contributed by atoms with E-state index in [1.165, 1.54) is 28.4 Å². The van der Waals surface area contributed by atoms with E-state index in [1.54, 1.807) is 0 Å². The Balaban J connectivity index is 0. The third-order valence-electron chi connectivity index (χ3n) is 1.85. The summed E-state index contributed by atoms with van der Waals surface area (Å²) in [4.78, 5) is 19.7.